The number of thiazole rings is 1. The average molecular weight is 475 g/mol. The second kappa shape index (κ2) is 10.5. The van der Waals surface area contributed by atoms with Crippen molar-refractivity contribution in [1.82, 2.24) is 4.57 Å². The summed E-state index contributed by atoms with van der Waals surface area (Å²) in [6, 6.07) is 16.6. The van der Waals surface area contributed by atoms with Gasteiger partial charge in [-0.15, -0.1) is 0 Å². The van der Waals surface area contributed by atoms with Crippen LogP contribution in [0.3, 0.4) is 0 Å². The highest BCUT2D eigenvalue weighted by Crippen LogP contribution is 2.35. The first-order valence-corrected chi connectivity index (χ1v) is 12.0. The summed E-state index contributed by atoms with van der Waals surface area (Å²) in [4.78, 5) is 31.7. The monoisotopic (exact) mass is 474 g/mol. The maximum absolute atomic E-state index is 13.6. The largest absolute Gasteiger partial charge is 0.494 e. The molecule has 0 saturated heterocycles. The Balaban J connectivity index is 1.89. The molecule has 1 aromatic heterocycles. The number of nitrogens with zero attached hydrogens (tertiary/aromatic N) is 2. The first kappa shape index (κ1) is 23.4. The smallest absolute Gasteiger partial charge is 0.338 e. The fourth-order valence-electron chi connectivity index (χ4n) is 3.90. The molecule has 0 amide bonds. The lowest BCUT2D eigenvalue weighted by atomic mass is 9.95. The number of fused-ring (bicyclic) bond motifs is 1. The van der Waals surface area contributed by atoms with Gasteiger partial charge in [0, 0.05) is 5.56 Å². The maximum Gasteiger partial charge on any atom is 0.338 e. The van der Waals surface area contributed by atoms with Crippen molar-refractivity contribution >= 4 is 29.5 Å². The van der Waals surface area contributed by atoms with Crippen molar-refractivity contribution in [3.05, 3.63) is 103 Å². The van der Waals surface area contributed by atoms with Crippen molar-refractivity contribution in [3.63, 3.8) is 0 Å². The number of hydrogen-bond donors (Lipinski definition) is 0. The molecule has 174 valence electrons. The molecule has 2 aromatic carbocycles. The summed E-state index contributed by atoms with van der Waals surface area (Å²) in [6.45, 7) is 6.11. The first-order chi connectivity index (χ1) is 16.5. The quantitative estimate of drug-likeness (QED) is 0.488. The van der Waals surface area contributed by atoms with Crippen LogP contribution in [0.25, 0.3) is 12.2 Å². The fourth-order valence-corrected chi connectivity index (χ4v) is 4.90. The number of carbonyl (C=O) groups excluding carboxylic acids is 1. The van der Waals surface area contributed by atoms with Gasteiger partial charge in [0.05, 0.1) is 29.0 Å². The summed E-state index contributed by atoms with van der Waals surface area (Å²) in [7, 11) is 0. The van der Waals surface area contributed by atoms with E-state index in [1.165, 1.54) is 11.3 Å². The number of para-hydroxylation sites is 1. The summed E-state index contributed by atoms with van der Waals surface area (Å²) in [5.74, 6) is 0.128. The van der Waals surface area contributed by atoms with Gasteiger partial charge in [-0.1, -0.05) is 72.0 Å². The van der Waals surface area contributed by atoms with Crippen molar-refractivity contribution < 1.29 is 14.3 Å². The molecule has 0 unspecified atom stereocenters. The van der Waals surface area contributed by atoms with Crippen LogP contribution in [-0.4, -0.2) is 23.8 Å². The molecule has 4 rings (SSSR count). The SMILES string of the molecule is CCOC(=O)C1=C(C)N=c2s/c(=C\C=C\c3ccccc3)c(=O)n2[C@@H]1c1ccccc1OCC. The van der Waals surface area contributed by atoms with E-state index in [0.29, 0.717) is 38.5 Å². The molecule has 6 nitrogen and oxygen atoms in total. The molecule has 34 heavy (non-hydrogen) atoms. The highest BCUT2D eigenvalue weighted by atomic mass is 32.1. The molecule has 2 heterocycles. The summed E-state index contributed by atoms with van der Waals surface area (Å²) >= 11 is 1.30. The van der Waals surface area contributed by atoms with E-state index < -0.39 is 12.0 Å². The number of carbonyl (C=O) groups is 1. The number of allylic oxidation sites excluding steroid dienone is 2. The van der Waals surface area contributed by atoms with Gasteiger partial charge in [0.1, 0.15) is 11.8 Å². The molecule has 0 spiro atoms. The van der Waals surface area contributed by atoms with Gasteiger partial charge in [-0.3, -0.25) is 9.36 Å². The molecular formula is C27H26N2O4S. The molecule has 0 N–H and O–H groups in total. The summed E-state index contributed by atoms with van der Waals surface area (Å²) < 4.78 is 13.3. The Hall–Kier alpha value is -3.71. The number of esters is 1. The summed E-state index contributed by atoms with van der Waals surface area (Å²) in [6.07, 6.45) is 5.57. The van der Waals surface area contributed by atoms with Crippen LogP contribution in [0, 0.1) is 0 Å². The second-order valence-corrected chi connectivity index (χ2v) is 8.57. The van der Waals surface area contributed by atoms with Gasteiger partial charge in [0.15, 0.2) is 4.80 Å². The van der Waals surface area contributed by atoms with Crippen molar-refractivity contribution in [1.29, 1.82) is 0 Å². The molecule has 0 fully saturated rings. The van der Waals surface area contributed by atoms with E-state index in [2.05, 4.69) is 4.99 Å². The number of rotatable bonds is 7. The minimum atomic E-state index is -0.696. The minimum Gasteiger partial charge on any atom is -0.494 e. The molecule has 1 aliphatic rings. The average Bonchev–Trinajstić information content (AvgIpc) is 3.14. The Bertz CT molecular complexity index is 1430. The second-order valence-electron chi connectivity index (χ2n) is 7.57. The van der Waals surface area contributed by atoms with Crippen LogP contribution in [0.1, 0.15) is 37.9 Å². The molecular weight excluding hydrogens is 448 g/mol. The number of ether oxygens (including phenoxy) is 2. The zero-order chi connectivity index (χ0) is 24.1. The third-order valence-corrected chi connectivity index (χ3v) is 6.37. The normalized spacial score (nSPS) is 15.9. The van der Waals surface area contributed by atoms with Crippen molar-refractivity contribution in [2.45, 2.75) is 26.8 Å². The third kappa shape index (κ3) is 4.65. The standard InChI is InChI=1S/C27H26N2O4S/c1-4-32-21-16-10-9-15-20(21)24-23(26(31)33-5-2)18(3)28-27-29(24)25(30)22(34-27)17-11-14-19-12-7-6-8-13-19/h6-17,24H,4-5H2,1-3H3/b14-11+,22-17-/t24-/m1/s1. The molecule has 3 aromatic rings. The van der Waals surface area contributed by atoms with Gasteiger partial charge in [-0.25, -0.2) is 9.79 Å². The lowest BCUT2D eigenvalue weighted by Gasteiger charge is -2.26. The lowest BCUT2D eigenvalue weighted by Crippen LogP contribution is -2.40. The molecule has 0 radical (unpaired) electrons. The van der Waals surface area contributed by atoms with Crippen LogP contribution in [0.2, 0.25) is 0 Å². The van der Waals surface area contributed by atoms with E-state index in [9.17, 15) is 9.59 Å². The Morgan fingerprint density at radius 1 is 1.09 bits per heavy atom. The Morgan fingerprint density at radius 2 is 1.82 bits per heavy atom. The molecule has 0 aliphatic carbocycles. The summed E-state index contributed by atoms with van der Waals surface area (Å²) in [5, 5.41) is 0. The van der Waals surface area contributed by atoms with Crippen molar-refractivity contribution in [3.8, 4) is 5.75 Å². The van der Waals surface area contributed by atoms with Gasteiger partial charge in [0.2, 0.25) is 0 Å². The van der Waals surface area contributed by atoms with Crippen LogP contribution in [0.15, 0.2) is 81.7 Å². The topological polar surface area (TPSA) is 69.9 Å². The molecule has 0 bridgehead atoms. The summed E-state index contributed by atoms with van der Waals surface area (Å²) in [5.41, 5.74) is 2.41. The van der Waals surface area contributed by atoms with Crippen molar-refractivity contribution in [2.75, 3.05) is 13.2 Å². The lowest BCUT2D eigenvalue weighted by molar-refractivity contribution is -0.139. The van der Waals surface area contributed by atoms with E-state index in [1.54, 1.807) is 24.5 Å². The fraction of sp³-hybridized carbons (Fsp3) is 0.222. The van der Waals surface area contributed by atoms with Gasteiger partial charge in [0.25, 0.3) is 5.56 Å². The molecule has 0 saturated carbocycles. The number of benzene rings is 2. The third-order valence-electron chi connectivity index (χ3n) is 5.37. The van der Waals surface area contributed by atoms with Gasteiger partial charge >= 0.3 is 5.97 Å². The predicted octanol–water partition coefficient (Wildman–Crippen LogP) is 3.86. The maximum atomic E-state index is 13.6. The molecule has 1 atom stereocenters. The van der Waals surface area contributed by atoms with Crippen LogP contribution in [-0.2, 0) is 9.53 Å². The highest BCUT2D eigenvalue weighted by Gasteiger charge is 2.34. The minimum absolute atomic E-state index is 0.216. The first-order valence-electron chi connectivity index (χ1n) is 11.2. The molecule has 7 heteroatoms. The molecule has 1 aliphatic heterocycles. The Labute approximate surface area is 201 Å². The van der Waals surface area contributed by atoms with E-state index in [1.807, 2.05) is 73.7 Å². The number of hydrogen-bond acceptors (Lipinski definition) is 6. The van der Waals surface area contributed by atoms with E-state index in [0.717, 1.165) is 5.56 Å². The van der Waals surface area contributed by atoms with E-state index in [-0.39, 0.29) is 12.2 Å². The van der Waals surface area contributed by atoms with Gasteiger partial charge in [-0.2, -0.15) is 0 Å². The van der Waals surface area contributed by atoms with Crippen LogP contribution in [0.5, 0.6) is 5.75 Å². The zero-order valence-electron chi connectivity index (χ0n) is 19.4. The highest BCUT2D eigenvalue weighted by molar-refractivity contribution is 7.07. The predicted molar refractivity (Wildman–Crippen MR) is 134 cm³/mol. The van der Waals surface area contributed by atoms with Crippen molar-refractivity contribution in [2.24, 2.45) is 4.99 Å². The Morgan fingerprint density at radius 3 is 2.56 bits per heavy atom. The number of aromatic nitrogens is 1. The van der Waals surface area contributed by atoms with Gasteiger partial charge < -0.3 is 9.47 Å². The van der Waals surface area contributed by atoms with Gasteiger partial charge in [-0.05, 0) is 38.5 Å². The van der Waals surface area contributed by atoms with E-state index >= 15 is 0 Å². The van der Waals surface area contributed by atoms with Crippen LogP contribution in [0.4, 0.5) is 0 Å². The zero-order valence-corrected chi connectivity index (χ0v) is 20.2. The van der Waals surface area contributed by atoms with Crippen LogP contribution < -0.4 is 19.6 Å². The Kier molecular flexibility index (Phi) is 7.23. The van der Waals surface area contributed by atoms with E-state index in [4.69, 9.17) is 9.47 Å². The van der Waals surface area contributed by atoms with Crippen LogP contribution >= 0.6 is 11.3 Å².